The lowest BCUT2D eigenvalue weighted by Gasteiger charge is -2.30. The Hall–Kier alpha value is -4.60. The lowest BCUT2D eigenvalue weighted by Crippen LogP contribution is -2.37. The molecule has 2 aromatic heterocycles. The van der Waals surface area contributed by atoms with E-state index in [4.69, 9.17) is 5.73 Å². The summed E-state index contributed by atoms with van der Waals surface area (Å²) < 4.78 is 44.1. The average molecular weight is 533 g/mol. The number of primary amides is 1. The molecule has 0 fully saturated rings. The molecule has 10 heteroatoms. The third kappa shape index (κ3) is 5.36. The summed E-state index contributed by atoms with van der Waals surface area (Å²) in [6, 6.07) is 11.8. The van der Waals surface area contributed by atoms with Crippen molar-refractivity contribution in [2.24, 2.45) is 5.73 Å². The van der Waals surface area contributed by atoms with E-state index in [0.29, 0.717) is 39.5 Å². The number of para-hydroxylation sites is 1. The molecule has 0 spiro atoms. The van der Waals surface area contributed by atoms with Crippen LogP contribution < -0.4 is 16.4 Å². The number of benzene rings is 2. The van der Waals surface area contributed by atoms with Gasteiger partial charge in [0.15, 0.2) is 0 Å². The molecule has 1 unspecified atom stereocenters. The number of nitrogens with one attached hydrogen (secondary N) is 2. The summed E-state index contributed by atoms with van der Waals surface area (Å²) in [5.41, 5.74) is 9.60. The number of pyridine rings is 1. The van der Waals surface area contributed by atoms with Crippen molar-refractivity contribution < 1.29 is 18.0 Å². The second-order valence-electron chi connectivity index (χ2n) is 10.4. The van der Waals surface area contributed by atoms with Crippen LogP contribution in [0.5, 0.6) is 0 Å². The lowest BCUT2D eigenvalue weighted by atomic mass is 9.89. The average Bonchev–Trinajstić information content (AvgIpc) is 3.37. The van der Waals surface area contributed by atoms with E-state index in [9.17, 15) is 18.0 Å². The van der Waals surface area contributed by atoms with Gasteiger partial charge in [-0.2, -0.15) is 13.2 Å². The molecule has 5 rings (SSSR count). The second-order valence-corrected chi connectivity index (χ2v) is 10.4. The fourth-order valence-electron chi connectivity index (χ4n) is 4.57. The molecule has 7 nitrogen and oxygen atoms in total. The number of fused-ring (bicyclic) bond motifs is 1. The third-order valence-corrected chi connectivity index (χ3v) is 6.24. The number of amides is 1. The van der Waals surface area contributed by atoms with Crippen molar-refractivity contribution >= 4 is 22.9 Å². The monoisotopic (exact) mass is 532 g/mol. The molecule has 2 aromatic carbocycles. The highest BCUT2D eigenvalue weighted by molar-refractivity contribution is 6.00. The molecule has 1 aliphatic heterocycles. The fraction of sp³-hybridized carbons (Fsp3) is 0.207. The number of nitrogens with two attached hydrogens (primary N) is 1. The van der Waals surface area contributed by atoms with E-state index in [2.05, 4.69) is 20.6 Å². The molecule has 1 aliphatic rings. The molecule has 4 aromatic rings. The van der Waals surface area contributed by atoms with Crippen LogP contribution in [0.2, 0.25) is 0 Å². The van der Waals surface area contributed by atoms with Crippen molar-refractivity contribution in [3.05, 3.63) is 96.2 Å². The zero-order chi connectivity index (χ0) is 27.9. The van der Waals surface area contributed by atoms with E-state index < -0.39 is 23.7 Å². The number of rotatable bonds is 5. The Morgan fingerprint density at radius 2 is 1.87 bits per heavy atom. The predicted molar refractivity (Wildman–Crippen MR) is 146 cm³/mol. The summed E-state index contributed by atoms with van der Waals surface area (Å²) in [7, 11) is 0. The summed E-state index contributed by atoms with van der Waals surface area (Å²) in [5, 5.41) is 5.93. The van der Waals surface area contributed by atoms with Crippen molar-refractivity contribution in [2.75, 3.05) is 10.6 Å². The van der Waals surface area contributed by atoms with Gasteiger partial charge in [0.25, 0.3) is 5.91 Å². The van der Waals surface area contributed by atoms with Gasteiger partial charge in [-0.05, 0) is 68.3 Å². The Labute approximate surface area is 223 Å². The normalized spacial score (nSPS) is 15.2. The molecule has 4 N–H and O–H groups in total. The Morgan fingerprint density at radius 3 is 2.54 bits per heavy atom. The first kappa shape index (κ1) is 26.0. The van der Waals surface area contributed by atoms with Crippen LogP contribution in [-0.2, 0) is 0 Å². The molecule has 1 amide bonds. The number of hydrogen-bond donors (Lipinski definition) is 3. The van der Waals surface area contributed by atoms with Crippen molar-refractivity contribution in [3.63, 3.8) is 0 Å². The third-order valence-electron chi connectivity index (χ3n) is 6.24. The van der Waals surface area contributed by atoms with Crippen LogP contribution in [0.3, 0.4) is 0 Å². The van der Waals surface area contributed by atoms with E-state index in [0.717, 1.165) is 5.56 Å². The molecule has 39 heavy (non-hydrogen) atoms. The zero-order valence-electron chi connectivity index (χ0n) is 21.5. The SMILES string of the molecule is CC(C)(C)Nc1cc(C2=CC(C(F)(F)F)Nc3c2cccc3-n2cnc(-c3cccnc3)c2)ccc1C(N)=O. The van der Waals surface area contributed by atoms with Gasteiger partial charge in [0, 0.05) is 40.9 Å². The first-order valence-electron chi connectivity index (χ1n) is 12.3. The Morgan fingerprint density at radius 1 is 1.08 bits per heavy atom. The Balaban J connectivity index is 1.65. The minimum Gasteiger partial charge on any atom is -0.380 e. The largest absolute Gasteiger partial charge is 0.412 e. The highest BCUT2D eigenvalue weighted by Gasteiger charge is 2.41. The highest BCUT2D eigenvalue weighted by atomic mass is 19.4. The summed E-state index contributed by atoms with van der Waals surface area (Å²) in [4.78, 5) is 20.6. The van der Waals surface area contributed by atoms with Crippen LogP contribution >= 0.6 is 0 Å². The Bertz CT molecular complexity index is 1570. The van der Waals surface area contributed by atoms with E-state index in [1.54, 1.807) is 65.9 Å². The zero-order valence-corrected chi connectivity index (χ0v) is 21.5. The van der Waals surface area contributed by atoms with Crippen LogP contribution in [-0.4, -0.2) is 38.2 Å². The second kappa shape index (κ2) is 9.61. The number of alkyl halides is 3. The molecular weight excluding hydrogens is 505 g/mol. The first-order valence-corrected chi connectivity index (χ1v) is 12.3. The first-order chi connectivity index (χ1) is 18.4. The van der Waals surface area contributed by atoms with Crippen LogP contribution in [0, 0.1) is 0 Å². The van der Waals surface area contributed by atoms with Gasteiger partial charge in [-0.25, -0.2) is 4.98 Å². The van der Waals surface area contributed by atoms with E-state index in [1.807, 2.05) is 26.8 Å². The molecule has 1 atom stereocenters. The minimum absolute atomic E-state index is 0.255. The van der Waals surface area contributed by atoms with Crippen LogP contribution in [0.1, 0.15) is 42.3 Å². The fourth-order valence-corrected chi connectivity index (χ4v) is 4.57. The van der Waals surface area contributed by atoms with Crippen molar-refractivity contribution in [1.29, 1.82) is 0 Å². The summed E-state index contributed by atoms with van der Waals surface area (Å²) in [6.45, 7) is 5.75. The van der Waals surface area contributed by atoms with Crippen LogP contribution in [0.4, 0.5) is 24.5 Å². The van der Waals surface area contributed by atoms with Crippen LogP contribution in [0.15, 0.2) is 79.5 Å². The molecule has 200 valence electrons. The van der Waals surface area contributed by atoms with Crippen molar-refractivity contribution in [3.8, 4) is 16.9 Å². The van der Waals surface area contributed by atoms with Gasteiger partial charge in [-0.3, -0.25) is 9.78 Å². The molecule has 0 radical (unpaired) electrons. The number of nitrogens with zero attached hydrogens (tertiary/aromatic N) is 3. The van der Waals surface area contributed by atoms with Crippen molar-refractivity contribution in [2.45, 2.75) is 38.5 Å². The highest BCUT2D eigenvalue weighted by Crippen LogP contribution is 2.42. The lowest BCUT2D eigenvalue weighted by molar-refractivity contribution is -0.132. The maximum atomic E-state index is 14.1. The van der Waals surface area contributed by atoms with Gasteiger partial charge in [-0.1, -0.05) is 18.2 Å². The molecular formula is C29H27F3N6O. The number of anilines is 2. The van der Waals surface area contributed by atoms with Crippen LogP contribution in [0.25, 0.3) is 22.5 Å². The maximum Gasteiger partial charge on any atom is 0.412 e. The smallest absolute Gasteiger partial charge is 0.380 e. The summed E-state index contributed by atoms with van der Waals surface area (Å²) in [5.74, 6) is -0.632. The standard InChI is InChI=1S/C29H27F3N6O/c1-28(2,3)37-22-12-17(9-10-20(22)27(33)39)21-13-25(29(30,31)32)36-26-19(21)7-4-8-24(26)38-15-23(35-16-38)18-6-5-11-34-14-18/h4-16,25,36-37H,1-3H3,(H2,33,39). The molecule has 0 aliphatic carbocycles. The van der Waals surface area contributed by atoms with Gasteiger partial charge in [0.2, 0.25) is 0 Å². The summed E-state index contributed by atoms with van der Waals surface area (Å²) >= 11 is 0. The summed E-state index contributed by atoms with van der Waals surface area (Å²) in [6.07, 6.45) is 3.26. The topological polar surface area (TPSA) is 97.9 Å². The van der Waals surface area contributed by atoms with Gasteiger partial charge in [0.05, 0.1) is 29.0 Å². The van der Waals surface area contributed by atoms with E-state index in [1.165, 1.54) is 12.1 Å². The number of imidazole rings is 1. The van der Waals surface area contributed by atoms with E-state index in [-0.39, 0.29) is 5.56 Å². The van der Waals surface area contributed by atoms with Gasteiger partial charge in [-0.15, -0.1) is 0 Å². The predicted octanol–water partition coefficient (Wildman–Crippen LogP) is 6.03. The maximum absolute atomic E-state index is 14.1. The molecule has 3 heterocycles. The number of carbonyl (C=O) groups is 1. The number of hydrogen-bond acceptors (Lipinski definition) is 5. The molecule has 0 saturated carbocycles. The van der Waals surface area contributed by atoms with Gasteiger partial charge >= 0.3 is 6.18 Å². The number of aromatic nitrogens is 3. The number of carbonyl (C=O) groups excluding carboxylic acids is 1. The van der Waals surface area contributed by atoms with Crippen molar-refractivity contribution in [1.82, 2.24) is 14.5 Å². The minimum atomic E-state index is -4.55. The number of halogens is 3. The van der Waals surface area contributed by atoms with Gasteiger partial charge < -0.3 is 20.9 Å². The quantitative estimate of drug-likeness (QED) is 0.292. The Kier molecular flexibility index (Phi) is 6.41. The molecule has 0 bridgehead atoms. The van der Waals surface area contributed by atoms with E-state index >= 15 is 0 Å². The molecule has 0 saturated heterocycles. The van der Waals surface area contributed by atoms with Gasteiger partial charge in [0.1, 0.15) is 6.04 Å².